The van der Waals surface area contributed by atoms with Gasteiger partial charge >= 0.3 is 18.1 Å². The van der Waals surface area contributed by atoms with Crippen molar-refractivity contribution in [2.24, 2.45) is 5.41 Å². The maximum absolute atomic E-state index is 12.8. The minimum atomic E-state index is -5.54. The van der Waals surface area contributed by atoms with Gasteiger partial charge in [0.15, 0.2) is 0 Å². The molecule has 7 heteroatoms. The van der Waals surface area contributed by atoms with E-state index in [-0.39, 0.29) is 19.3 Å². The summed E-state index contributed by atoms with van der Waals surface area (Å²) >= 11 is 0. The molecule has 0 spiro atoms. The van der Waals surface area contributed by atoms with E-state index in [9.17, 15) is 31.9 Å². The van der Waals surface area contributed by atoms with Crippen LogP contribution in [0.2, 0.25) is 0 Å². The molecule has 0 saturated carbocycles. The summed E-state index contributed by atoms with van der Waals surface area (Å²) in [5, 5.41) is 9.37. The molecule has 0 aromatic carbocycles. The minimum absolute atomic E-state index is 0.0466. The molecule has 0 bridgehead atoms. The Labute approximate surface area is 147 Å². The van der Waals surface area contributed by atoms with Crippen LogP contribution in [0.4, 0.5) is 22.0 Å². The van der Waals surface area contributed by atoms with Crippen molar-refractivity contribution >= 4 is 5.97 Å². The lowest BCUT2D eigenvalue weighted by molar-refractivity contribution is -0.284. The van der Waals surface area contributed by atoms with Gasteiger partial charge in [0.25, 0.3) is 0 Å². The van der Waals surface area contributed by atoms with E-state index >= 15 is 0 Å². The summed E-state index contributed by atoms with van der Waals surface area (Å²) in [5.41, 5.74) is -1.06. The van der Waals surface area contributed by atoms with Crippen molar-refractivity contribution in [3.8, 4) is 0 Å². The summed E-state index contributed by atoms with van der Waals surface area (Å²) in [6.07, 6.45) is 0.726. The van der Waals surface area contributed by atoms with Gasteiger partial charge in [0.1, 0.15) is 0 Å². The highest BCUT2D eigenvalue weighted by Crippen LogP contribution is 2.40. The van der Waals surface area contributed by atoms with E-state index in [0.29, 0.717) is 6.42 Å². The third-order valence-corrected chi connectivity index (χ3v) is 4.73. The van der Waals surface area contributed by atoms with Crippen LogP contribution >= 0.6 is 0 Å². The Morgan fingerprint density at radius 1 is 0.760 bits per heavy atom. The van der Waals surface area contributed by atoms with Crippen LogP contribution in [0.25, 0.3) is 0 Å². The molecule has 1 atom stereocenters. The quantitative estimate of drug-likeness (QED) is 0.263. The van der Waals surface area contributed by atoms with Crippen LogP contribution < -0.4 is 0 Å². The second kappa shape index (κ2) is 11.0. The Bertz CT molecular complexity index is 382. The van der Waals surface area contributed by atoms with Crippen LogP contribution in [-0.2, 0) is 4.79 Å². The first kappa shape index (κ1) is 24.1. The van der Waals surface area contributed by atoms with Gasteiger partial charge in [-0.1, -0.05) is 58.3 Å². The molecule has 0 amide bonds. The van der Waals surface area contributed by atoms with Gasteiger partial charge < -0.3 is 5.11 Å². The van der Waals surface area contributed by atoms with Crippen molar-refractivity contribution in [1.29, 1.82) is 0 Å². The molecule has 150 valence electrons. The van der Waals surface area contributed by atoms with Crippen LogP contribution in [0, 0.1) is 5.41 Å². The number of hydrogen-bond donors (Lipinski definition) is 1. The lowest BCUT2D eigenvalue weighted by atomic mass is 9.79. The molecule has 0 rings (SSSR count). The summed E-state index contributed by atoms with van der Waals surface area (Å²) in [6.45, 7) is 3.68. The summed E-state index contributed by atoms with van der Waals surface area (Å²) in [6, 6.07) is 0. The van der Waals surface area contributed by atoms with Gasteiger partial charge in [-0.3, -0.25) is 4.79 Å². The first-order valence-electron chi connectivity index (χ1n) is 9.14. The maximum atomic E-state index is 12.8. The molecule has 0 aliphatic heterocycles. The monoisotopic (exact) mass is 374 g/mol. The number of unbranched alkanes of at least 4 members (excludes halogenated alkanes) is 7. The Hall–Kier alpha value is -0.880. The fourth-order valence-electron chi connectivity index (χ4n) is 2.82. The van der Waals surface area contributed by atoms with Gasteiger partial charge in [0.05, 0.1) is 5.41 Å². The number of carbonyl (C=O) groups is 1. The normalized spacial score (nSPS) is 15.2. The zero-order chi connectivity index (χ0) is 19.6. The van der Waals surface area contributed by atoms with Crippen LogP contribution in [0.15, 0.2) is 0 Å². The molecule has 0 aromatic rings. The van der Waals surface area contributed by atoms with Gasteiger partial charge in [-0.15, -0.1) is 0 Å². The first-order chi connectivity index (χ1) is 11.5. The molecular formula is C18H31F5O2. The van der Waals surface area contributed by atoms with Crippen LogP contribution in [0.5, 0.6) is 0 Å². The number of halogens is 5. The Kier molecular flexibility index (Phi) is 10.6. The van der Waals surface area contributed by atoms with Crippen molar-refractivity contribution in [3.05, 3.63) is 0 Å². The molecule has 0 radical (unpaired) electrons. The van der Waals surface area contributed by atoms with Gasteiger partial charge in [-0.2, -0.15) is 22.0 Å². The number of carboxylic acids is 1. The molecule has 0 aliphatic rings. The molecule has 0 aromatic heterocycles. The van der Waals surface area contributed by atoms with Gasteiger partial charge in [0, 0.05) is 6.42 Å². The van der Waals surface area contributed by atoms with Crippen molar-refractivity contribution in [2.45, 2.75) is 103 Å². The standard InChI is InChI=1S/C18H31F5O2/c1-3-4-5-6-7-8-9-12-16(2,15(24)25)13-10-11-14-17(19,20)18(21,22)23/h3-14H2,1-2H3,(H,24,25). The molecule has 25 heavy (non-hydrogen) atoms. The third kappa shape index (κ3) is 9.40. The number of hydrogen-bond acceptors (Lipinski definition) is 1. The predicted octanol–water partition coefficient (Wildman–Crippen LogP) is 6.98. The van der Waals surface area contributed by atoms with E-state index in [1.54, 1.807) is 6.92 Å². The zero-order valence-corrected chi connectivity index (χ0v) is 15.2. The summed E-state index contributed by atoms with van der Waals surface area (Å²) in [4.78, 5) is 11.4. The van der Waals surface area contributed by atoms with E-state index in [0.717, 1.165) is 32.1 Å². The SMILES string of the molecule is CCCCCCCCCC(C)(CCCCC(F)(F)C(F)(F)F)C(=O)O. The van der Waals surface area contributed by atoms with E-state index in [4.69, 9.17) is 0 Å². The second-order valence-corrected chi connectivity index (χ2v) is 7.15. The molecular weight excluding hydrogens is 343 g/mol. The molecule has 0 heterocycles. The average molecular weight is 374 g/mol. The Morgan fingerprint density at radius 2 is 1.16 bits per heavy atom. The molecule has 0 fully saturated rings. The smallest absolute Gasteiger partial charge is 0.453 e. The van der Waals surface area contributed by atoms with E-state index in [1.807, 2.05) is 0 Å². The van der Waals surface area contributed by atoms with E-state index in [2.05, 4.69) is 6.92 Å². The van der Waals surface area contributed by atoms with Crippen molar-refractivity contribution in [3.63, 3.8) is 0 Å². The summed E-state index contributed by atoms with van der Waals surface area (Å²) in [5.74, 6) is -5.72. The number of aliphatic carboxylic acids is 1. The Balaban J connectivity index is 4.17. The highest BCUT2D eigenvalue weighted by molar-refractivity contribution is 5.74. The third-order valence-electron chi connectivity index (χ3n) is 4.73. The van der Waals surface area contributed by atoms with Crippen molar-refractivity contribution in [2.75, 3.05) is 0 Å². The number of alkyl halides is 5. The van der Waals surface area contributed by atoms with Crippen LogP contribution in [0.1, 0.15) is 90.9 Å². The van der Waals surface area contributed by atoms with E-state index < -0.39 is 29.9 Å². The highest BCUT2D eigenvalue weighted by Gasteiger charge is 2.56. The van der Waals surface area contributed by atoms with Crippen LogP contribution in [0.3, 0.4) is 0 Å². The lowest BCUT2D eigenvalue weighted by Crippen LogP contribution is -2.36. The largest absolute Gasteiger partial charge is 0.481 e. The fourth-order valence-corrected chi connectivity index (χ4v) is 2.82. The number of carboxylic acid groups (broad SMARTS) is 1. The predicted molar refractivity (Wildman–Crippen MR) is 87.8 cm³/mol. The molecule has 1 unspecified atom stereocenters. The van der Waals surface area contributed by atoms with Crippen molar-refractivity contribution < 1.29 is 31.9 Å². The molecule has 0 saturated heterocycles. The van der Waals surface area contributed by atoms with Crippen molar-refractivity contribution in [1.82, 2.24) is 0 Å². The topological polar surface area (TPSA) is 37.3 Å². The average Bonchev–Trinajstić information content (AvgIpc) is 2.49. The lowest BCUT2D eigenvalue weighted by Gasteiger charge is -2.25. The second-order valence-electron chi connectivity index (χ2n) is 7.15. The molecule has 1 N–H and O–H groups in total. The molecule has 0 aliphatic carbocycles. The van der Waals surface area contributed by atoms with Gasteiger partial charge in [-0.25, -0.2) is 0 Å². The van der Waals surface area contributed by atoms with Gasteiger partial charge in [-0.05, 0) is 26.2 Å². The minimum Gasteiger partial charge on any atom is -0.481 e. The molecule has 2 nitrogen and oxygen atoms in total. The fraction of sp³-hybridized carbons (Fsp3) is 0.944. The first-order valence-corrected chi connectivity index (χ1v) is 9.14. The number of rotatable bonds is 14. The maximum Gasteiger partial charge on any atom is 0.453 e. The van der Waals surface area contributed by atoms with Gasteiger partial charge in [0.2, 0.25) is 0 Å². The van der Waals surface area contributed by atoms with E-state index in [1.165, 1.54) is 12.8 Å². The highest BCUT2D eigenvalue weighted by atomic mass is 19.4. The summed E-state index contributed by atoms with van der Waals surface area (Å²) in [7, 11) is 0. The summed E-state index contributed by atoms with van der Waals surface area (Å²) < 4.78 is 62.0. The Morgan fingerprint density at radius 3 is 1.60 bits per heavy atom. The van der Waals surface area contributed by atoms with Crippen LogP contribution in [-0.4, -0.2) is 23.2 Å². The zero-order valence-electron chi connectivity index (χ0n) is 15.2.